The van der Waals surface area contributed by atoms with Crippen LogP contribution in [0.15, 0.2) is 29.8 Å². The summed E-state index contributed by atoms with van der Waals surface area (Å²) in [6.45, 7) is 0. The van der Waals surface area contributed by atoms with E-state index in [4.69, 9.17) is 10.5 Å². The third-order valence-electron chi connectivity index (χ3n) is 2.66. The third kappa shape index (κ3) is 1.44. The number of benzene rings is 1. The Balaban J connectivity index is 2.74. The van der Waals surface area contributed by atoms with Crippen molar-refractivity contribution in [3.8, 4) is 12.1 Å². The number of rotatable bonds is 2. The predicted octanol–water partition coefficient (Wildman–Crippen LogP) is 1.50. The highest BCUT2D eigenvalue weighted by atomic mass is 16.1. The molecule has 17 heavy (non-hydrogen) atoms. The van der Waals surface area contributed by atoms with Crippen molar-refractivity contribution in [3.05, 3.63) is 41.0 Å². The van der Waals surface area contributed by atoms with Crippen molar-refractivity contribution in [3.63, 3.8) is 0 Å². The largest absolute Gasteiger partial charge is 0.298 e. The zero-order chi connectivity index (χ0) is 12.4. The molecule has 0 unspecified atom stereocenters. The molecule has 1 aliphatic carbocycles. The first-order valence-electron chi connectivity index (χ1n) is 4.87. The van der Waals surface area contributed by atoms with Crippen LogP contribution in [0.4, 0.5) is 0 Å². The van der Waals surface area contributed by atoms with Gasteiger partial charge in [-0.15, -0.1) is 0 Å². The standard InChI is InChI=1S/C13H6N2O2/c14-5-8(6-15)12-9-3-1-2-4-10(9)13(17)11(12)7-16/h1-4,7-8H. The van der Waals surface area contributed by atoms with Crippen molar-refractivity contribution in [1.29, 1.82) is 10.5 Å². The van der Waals surface area contributed by atoms with Gasteiger partial charge in [-0.2, -0.15) is 10.5 Å². The Bertz CT molecular complexity index is 616. The average molecular weight is 222 g/mol. The summed E-state index contributed by atoms with van der Waals surface area (Å²) < 4.78 is 0. The maximum absolute atomic E-state index is 11.9. The Morgan fingerprint density at radius 1 is 1.12 bits per heavy atom. The fourth-order valence-electron chi connectivity index (χ4n) is 1.91. The highest BCUT2D eigenvalue weighted by Gasteiger charge is 2.33. The molecule has 0 aromatic heterocycles. The fourth-order valence-corrected chi connectivity index (χ4v) is 1.91. The van der Waals surface area contributed by atoms with Crippen LogP contribution in [0.2, 0.25) is 0 Å². The molecule has 0 aliphatic heterocycles. The predicted molar refractivity (Wildman–Crippen MR) is 58.5 cm³/mol. The van der Waals surface area contributed by atoms with E-state index in [0.717, 1.165) is 0 Å². The number of carbonyl (C=O) groups is 2. The molecule has 0 spiro atoms. The molecular weight excluding hydrogens is 216 g/mol. The molecular formula is C13H6N2O2. The van der Waals surface area contributed by atoms with E-state index in [0.29, 0.717) is 17.4 Å². The van der Waals surface area contributed by atoms with Crippen LogP contribution in [0, 0.1) is 28.6 Å². The number of carbonyl (C=O) groups excluding carboxylic acids is 2. The Kier molecular flexibility index (Phi) is 2.56. The van der Waals surface area contributed by atoms with Gasteiger partial charge in [0.05, 0.1) is 17.7 Å². The number of hydrogen-bond donors (Lipinski definition) is 0. The summed E-state index contributed by atoms with van der Waals surface area (Å²) in [5, 5.41) is 17.8. The Morgan fingerprint density at radius 2 is 1.71 bits per heavy atom. The number of aldehydes is 1. The molecule has 4 heteroatoms. The fraction of sp³-hybridized carbons (Fsp3) is 0.0769. The molecule has 1 aromatic carbocycles. The van der Waals surface area contributed by atoms with Crippen molar-refractivity contribution < 1.29 is 9.59 Å². The monoisotopic (exact) mass is 222 g/mol. The Labute approximate surface area is 97.4 Å². The number of ketones is 1. The molecule has 1 aromatic rings. The molecule has 0 fully saturated rings. The van der Waals surface area contributed by atoms with Crippen LogP contribution in [0.5, 0.6) is 0 Å². The normalized spacial score (nSPS) is 13.2. The van der Waals surface area contributed by atoms with Gasteiger partial charge in [0.2, 0.25) is 0 Å². The quantitative estimate of drug-likeness (QED) is 0.560. The van der Waals surface area contributed by atoms with E-state index in [9.17, 15) is 9.59 Å². The number of Topliss-reactive ketones (excluding diaryl/α,β-unsaturated/α-hetero) is 1. The second kappa shape index (κ2) is 4.03. The van der Waals surface area contributed by atoms with Crippen molar-refractivity contribution >= 4 is 17.6 Å². The minimum Gasteiger partial charge on any atom is -0.298 e. The van der Waals surface area contributed by atoms with Gasteiger partial charge in [0.1, 0.15) is 0 Å². The van der Waals surface area contributed by atoms with Gasteiger partial charge in [0.25, 0.3) is 0 Å². The minimum absolute atomic E-state index is 0.0840. The summed E-state index contributed by atoms with van der Waals surface area (Å²) in [5.41, 5.74) is 1.03. The number of allylic oxidation sites excluding steroid dienone is 2. The highest BCUT2D eigenvalue weighted by molar-refractivity contribution is 6.30. The lowest BCUT2D eigenvalue weighted by atomic mass is 9.94. The maximum atomic E-state index is 11.9. The summed E-state index contributed by atoms with van der Waals surface area (Å²) in [4.78, 5) is 22.8. The van der Waals surface area contributed by atoms with Gasteiger partial charge < -0.3 is 0 Å². The van der Waals surface area contributed by atoms with E-state index < -0.39 is 11.7 Å². The second-order valence-electron chi connectivity index (χ2n) is 3.51. The van der Waals surface area contributed by atoms with Gasteiger partial charge in [-0.25, -0.2) is 0 Å². The van der Waals surface area contributed by atoms with Crippen LogP contribution in [0.25, 0.3) is 5.57 Å². The first-order chi connectivity index (χ1) is 8.24. The molecule has 0 saturated heterocycles. The van der Waals surface area contributed by atoms with E-state index in [2.05, 4.69) is 0 Å². The van der Waals surface area contributed by atoms with Crippen molar-refractivity contribution in [1.82, 2.24) is 0 Å². The molecule has 0 radical (unpaired) electrons. The molecule has 1 aliphatic rings. The number of hydrogen-bond acceptors (Lipinski definition) is 4. The van der Waals surface area contributed by atoms with Gasteiger partial charge in [-0.1, -0.05) is 24.3 Å². The Hall–Kier alpha value is -2.72. The number of nitriles is 2. The molecule has 4 nitrogen and oxygen atoms in total. The van der Waals surface area contributed by atoms with Crippen LogP contribution < -0.4 is 0 Å². The first-order valence-corrected chi connectivity index (χ1v) is 4.87. The number of nitrogens with zero attached hydrogens (tertiary/aromatic N) is 2. The minimum atomic E-state index is -1.09. The lowest BCUT2D eigenvalue weighted by Crippen LogP contribution is -2.02. The average Bonchev–Trinajstić information content (AvgIpc) is 2.65. The summed E-state index contributed by atoms with van der Waals surface area (Å²) >= 11 is 0. The van der Waals surface area contributed by atoms with E-state index in [1.54, 1.807) is 36.4 Å². The molecule has 0 saturated carbocycles. The molecule has 0 N–H and O–H groups in total. The van der Waals surface area contributed by atoms with Crippen LogP contribution in [0.3, 0.4) is 0 Å². The van der Waals surface area contributed by atoms with E-state index >= 15 is 0 Å². The lowest BCUT2D eigenvalue weighted by molar-refractivity contribution is -0.104. The van der Waals surface area contributed by atoms with Crippen LogP contribution in [0.1, 0.15) is 15.9 Å². The second-order valence-corrected chi connectivity index (χ2v) is 3.51. The first kappa shape index (κ1) is 10.8. The molecule has 0 bridgehead atoms. The van der Waals surface area contributed by atoms with Crippen molar-refractivity contribution in [2.24, 2.45) is 5.92 Å². The summed E-state index contributed by atoms with van der Waals surface area (Å²) in [7, 11) is 0. The molecule has 0 amide bonds. The van der Waals surface area contributed by atoms with Gasteiger partial charge >= 0.3 is 0 Å². The van der Waals surface area contributed by atoms with Crippen LogP contribution in [-0.2, 0) is 4.79 Å². The summed E-state index contributed by atoms with van der Waals surface area (Å²) in [5.74, 6) is -1.51. The smallest absolute Gasteiger partial charge is 0.197 e. The van der Waals surface area contributed by atoms with Gasteiger partial charge in [0.15, 0.2) is 18.0 Å². The lowest BCUT2D eigenvalue weighted by Gasteiger charge is -2.04. The SMILES string of the molecule is N#CC(C#N)C1=C(C=O)C(=O)c2ccccc21. The summed E-state index contributed by atoms with van der Waals surface area (Å²) in [6, 6.07) is 10.2. The zero-order valence-electron chi connectivity index (χ0n) is 8.68. The topological polar surface area (TPSA) is 81.7 Å². The third-order valence-corrected chi connectivity index (χ3v) is 2.66. The molecule has 80 valence electrons. The van der Waals surface area contributed by atoms with Crippen molar-refractivity contribution in [2.45, 2.75) is 0 Å². The Morgan fingerprint density at radius 3 is 2.24 bits per heavy atom. The molecule has 0 atom stereocenters. The van der Waals surface area contributed by atoms with Crippen LogP contribution >= 0.6 is 0 Å². The maximum Gasteiger partial charge on any atom is 0.197 e. The van der Waals surface area contributed by atoms with Crippen molar-refractivity contribution in [2.75, 3.05) is 0 Å². The van der Waals surface area contributed by atoms with E-state index in [-0.39, 0.29) is 11.1 Å². The highest BCUT2D eigenvalue weighted by Crippen LogP contribution is 2.36. The van der Waals surface area contributed by atoms with Gasteiger partial charge in [-0.05, 0) is 5.56 Å². The van der Waals surface area contributed by atoms with Crippen LogP contribution in [-0.4, -0.2) is 12.1 Å². The van der Waals surface area contributed by atoms with Gasteiger partial charge in [0, 0.05) is 11.1 Å². The summed E-state index contributed by atoms with van der Waals surface area (Å²) in [6.07, 6.45) is 0.416. The van der Waals surface area contributed by atoms with Gasteiger partial charge in [-0.3, -0.25) is 9.59 Å². The van der Waals surface area contributed by atoms with E-state index in [1.807, 2.05) is 0 Å². The molecule has 0 heterocycles. The molecule has 2 rings (SSSR count). The number of fused-ring (bicyclic) bond motifs is 1. The zero-order valence-corrected chi connectivity index (χ0v) is 8.68. The van der Waals surface area contributed by atoms with E-state index in [1.165, 1.54) is 0 Å².